The van der Waals surface area contributed by atoms with E-state index in [9.17, 15) is 19.2 Å². The van der Waals surface area contributed by atoms with Crippen molar-refractivity contribution in [3.63, 3.8) is 0 Å². The summed E-state index contributed by atoms with van der Waals surface area (Å²) in [4.78, 5) is 41.9. The van der Waals surface area contributed by atoms with Crippen molar-refractivity contribution < 1.29 is 29.0 Å². The van der Waals surface area contributed by atoms with Gasteiger partial charge in [0.1, 0.15) is 6.29 Å². The average molecular weight is 214 g/mol. The van der Waals surface area contributed by atoms with Crippen LogP contribution in [0.2, 0.25) is 0 Å². The highest BCUT2D eigenvalue weighted by Gasteiger charge is 2.17. The quantitative estimate of drug-likeness (QED) is 0.371. The van der Waals surface area contributed by atoms with Crippen LogP contribution in [0, 0.1) is 0 Å². The number of carbonyl (C=O) groups excluding carboxylic acids is 3. The first-order chi connectivity index (χ1) is 6.97. The van der Waals surface area contributed by atoms with Gasteiger partial charge in [0.15, 0.2) is 11.9 Å². The Labute approximate surface area is 85.5 Å². The second-order valence-electron chi connectivity index (χ2n) is 2.61. The van der Waals surface area contributed by atoms with E-state index < -0.39 is 23.8 Å². The molecule has 0 aliphatic carbocycles. The van der Waals surface area contributed by atoms with Crippen molar-refractivity contribution in [2.24, 2.45) is 0 Å². The lowest BCUT2D eigenvalue weighted by molar-refractivity contribution is -0.150. The van der Waals surface area contributed by atoms with E-state index in [4.69, 9.17) is 5.11 Å². The number of carbonyl (C=O) groups is 4. The average Bonchev–Trinajstić information content (AvgIpc) is 2.14. The van der Waals surface area contributed by atoms with E-state index in [0.29, 0.717) is 18.4 Å². The third-order valence-electron chi connectivity index (χ3n) is 1.38. The largest absolute Gasteiger partial charge is 0.478 e. The van der Waals surface area contributed by atoms with E-state index in [1.165, 1.54) is 6.92 Å². The fourth-order valence-electron chi connectivity index (χ4n) is 0.703. The first kappa shape index (κ1) is 13.0. The number of hydrogen-bond acceptors (Lipinski definition) is 5. The summed E-state index contributed by atoms with van der Waals surface area (Å²) in [5, 5.41) is 8.19. The maximum atomic E-state index is 10.9. The van der Waals surface area contributed by atoms with Gasteiger partial charge in [-0.05, 0) is 6.92 Å². The zero-order chi connectivity index (χ0) is 11.8. The molecular formula is C9H10O6. The van der Waals surface area contributed by atoms with Gasteiger partial charge in [-0.1, -0.05) is 0 Å². The monoisotopic (exact) mass is 214 g/mol. The minimum Gasteiger partial charge on any atom is -0.478 e. The molecule has 0 saturated heterocycles. The van der Waals surface area contributed by atoms with Gasteiger partial charge in [0.2, 0.25) is 0 Å². The normalized spacial score (nSPS) is 12.1. The lowest BCUT2D eigenvalue weighted by atomic mass is 10.2. The van der Waals surface area contributed by atoms with E-state index in [0.717, 1.165) is 0 Å². The number of carboxylic acids is 1. The molecule has 0 aromatic rings. The lowest BCUT2D eigenvalue weighted by Gasteiger charge is -2.09. The summed E-state index contributed by atoms with van der Waals surface area (Å²) >= 11 is 0. The van der Waals surface area contributed by atoms with Gasteiger partial charge in [-0.3, -0.25) is 4.79 Å². The topological polar surface area (TPSA) is 97.7 Å². The molecule has 0 rings (SSSR count). The van der Waals surface area contributed by atoms with Crippen LogP contribution in [-0.2, 0) is 23.9 Å². The van der Waals surface area contributed by atoms with E-state index in [1.54, 1.807) is 0 Å². The molecule has 0 radical (unpaired) electrons. The Hall–Kier alpha value is -1.98. The number of aldehydes is 1. The molecular weight excluding hydrogens is 204 g/mol. The van der Waals surface area contributed by atoms with Crippen molar-refractivity contribution in [2.45, 2.75) is 19.4 Å². The van der Waals surface area contributed by atoms with Gasteiger partial charge < -0.3 is 14.6 Å². The predicted molar refractivity (Wildman–Crippen MR) is 48.0 cm³/mol. The van der Waals surface area contributed by atoms with Crippen LogP contribution in [0.25, 0.3) is 0 Å². The van der Waals surface area contributed by atoms with Crippen LogP contribution in [0.3, 0.4) is 0 Å². The van der Waals surface area contributed by atoms with Crippen molar-refractivity contribution in [1.29, 1.82) is 0 Å². The van der Waals surface area contributed by atoms with E-state index in [-0.39, 0.29) is 6.42 Å². The van der Waals surface area contributed by atoms with Crippen LogP contribution >= 0.6 is 0 Å². The zero-order valence-corrected chi connectivity index (χ0v) is 8.00. The van der Waals surface area contributed by atoms with Crippen molar-refractivity contribution in [1.82, 2.24) is 0 Å². The van der Waals surface area contributed by atoms with Crippen LogP contribution in [0.1, 0.15) is 13.3 Å². The van der Waals surface area contributed by atoms with Crippen molar-refractivity contribution in [3.8, 4) is 0 Å². The molecule has 0 heterocycles. The highest BCUT2D eigenvalue weighted by atomic mass is 16.5. The molecule has 6 nitrogen and oxygen atoms in total. The molecule has 0 saturated carbocycles. The first-order valence-corrected chi connectivity index (χ1v) is 4.03. The summed E-state index contributed by atoms with van der Waals surface area (Å²) in [5.41, 5.74) is 0. The molecule has 15 heavy (non-hydrogen) atoms. The Kier molecular flexibility index (Phi) is 5.62. The van der Waals surface area contributed by atoms with Crippen LogP contribution < -0.4 is 0 Å². The highest BCUT2D eigenvalue weighted by molar-refractivity contribution is 5.93. The van der Waals surface area contributed by atoms with Crippen molar-refractivity contribution in [2.75, 3.05) is 0 Å². The Morgan fingerprint density at radius 3 is 2.33 bits per heavy atom. The molecule has 0 aromatic carbocycles. The zero-order valence-electron chi connectivity index (χ0n) is 8.00. The molecule has 0 aliphatic heterocycles. The van der Waals surface area contributed by atoms with Gasteiger partial charge in [0.05, 0.1) is 0 Å². The van der Waals surface area contributed by atoms with Crippen LogP contribution in [0.4, 0.5) is 0 Å². The summed E-state index contributed by atoms with van der Waals surface area (Å²) in [6, 6.07) is 0. The molecule has 0 amide bonds. The van der Waals surface area contributed by atoms with Crippen LogP contribution in [0.15, 0.2) is 12.2 Å². The molecule has 82 valence electrons. The second kappa shape index (κ2) is 6.47. The predicted octanol–water partition coefficient (Wildman–Crippen LogP) is -0.283. The Balaban J connectivity index is 4.28. The summed E-state index contributed by atoms with van der Waals surface area (Å²) in [5.74, 6) is -2.75. The van der Waals surface area contributed by atoms with E-state index in [2.05, 4.69) is 4.74 Å². The number of hydrogen-bond donors (Lipinski definition) is 1. The molecule has 1 N–H and O–H groups in total. The number of ketones is 1. The minimum absolute atomic E-state index is 0.234. The fourth-order valence-corrected chi connectivity index (χ4v) is 0.703. The lowest BCUT2D eigenvalue weighted by Crippen LogP contribution is -2.24. The summed E-state index contributed by atoms with van der Waals surface area (Å²) in [7, 11) is 0. The fraction of sp³-hybridized carbons (Fsp3) is 0.333. The van der Waals surface area contributed by atoms with Crippen molar-refractivity contribution in [3.05, 3.63) is 12.2 Å². The summed E-state index contributed by atoms with van der Waals surface area (Å²) in [6.07, 6.45) is 0.319. The number of ether oxygens (including phenoxy) is 1. The van der Waals surface area contributed by atoms with Gasteiger partial charge in [0.25, 0.3) is 0 Å². The summed E-state index contributed by atoms with van der Waals surface area (Å²) < 4.78 is 4.53. The molecule has 0 aromatic heterocycles. The molecule has 0 aliphatic rings. The molecule has 1 atom stereocenters. The smallest absolute Gasteiger partial charge is 0.331 e. The number of Topliss-reactive ketones (excluding diaryl/α,β-unsaturated/α-hetero) is 1. The maximum absolute atomic E-state index is 10.9. The standard InChI is InChI=1S/C9H10O6/c1-6(11)7(4-5-10)15-9(14)3-2-8(12)13/h2-3,5,7H,4H2,1H3,(H,12,13). The van der Waals surface area contributed by atoms with Gasteiger partial charge >= 0.3 is 11.9 Å². The molecule has 6 heteroatoms. The minimum atomic E-state index is -1.30. The summed E-state index contributed by atoms with van der Waals surface area (Å²) in [6.45, 7) is 1.17. The maximum Gasteiger partial charge on any atom is 0.331 e. The van der Waals surface area contributed by atoms with E-state index in [1.807, 2.05) is 0 Å². The van der Waals surface area contributed by atoms with Gasteiger partial charge in [-0.25, -0.2) is 9.59 Å². The highest BCUT2D eigenvalue weighted by Crippen LogP contribution is 1.99. The number of aliphatic carboxylic acids is 1. The number of rotatable bonds is 6. The van der Waals surface area contributed by atoms with Crippen LogP contribution in [-0.4, -0.2) is 35.2 Å². The number of esters is 1. The second-order valence-corrected chi connectivity index (χ2v) is 2.61. The Morgan fingerprint density at radius 2 is 1.93 bits per heavy atom. The molecule has 0 bridgehead atoms. The third-order valence-corrected chi connectivity index (χ3v) is 1.38. The van der Waals surface area contributed by atoms with Gasteiger partial charge in [-0.15, -0.1) is 0 Å². The molecule has 0 spiro atoms. The van der Waals surface area contributed by atoms with Crippen molar-refractivity contribution >= 4 is 24.0 Å². The first-order valence-electron chi connectivity index (χ1n) is 4.03. The Bertz CT molecular complexity index is 304. The van der Waals surface area contributed by atoms with E-state index >= 15 is 0 Å². The van der Waals surface area contributed by atoms with Gasteiger partial charge in [0, 0.05) is 18.6 Å². The van der Waals surface area contributed by atoms with Crippen LogP contribution in [0.5, 0.6) is 0 Å². The number of carboxylic acid groups (broad SMARTS) is 1. The molecule has 0 fully saturated rings. The Morgan fingerprint density at radius 1 is 1.33 bits per heavy atom. The van der Waals surface area contributed by atoms with Gasteiger partial charge in [-0.2, -0.15) is 0 Å². The SMILES string of the molecule is CC(=O)C(CC=O)OC(=O)C=CC(=O)O. The third kappa shape index (κ3) is 6.14. The molecule has 1 unspecified atom stereocenters.